The van der Waals surface area contributed by atoms with Gasteiger partial charge in [-0.25, -0.2) is 9.97 Å². The molecular formula is C20H26N4O. The van der Waals surface area contributed by atoms with Gasteiger partial charge in [0.15, 0.2) is 0 Å². The van der Waals surface area contributed by atoms with Gasteiger partial charge < -0.3 is 8.98 Å². The molecule has 2 heterocycles. The van der Waals surface area contributed by atoms with Crippen molar-refractivity contribution in [2.24, 2.45) is 7.05 Å². The first kappa shape index (κ1) is 17.4. The maximum atomic E-state index is 5.94. The van der Waals surface area contributed by atoms with E-state index in [0.717, 1.165) is 35.9 Å². The molecule has 5 nitrogen and oxygen atoms in total. The Morgan fingerprint density at radius 2 is 2.00 bits per heavy atom. The highest BCUT2D eigenvalue weighted by molar-refractivity contribution is 5.54. The average Bonchev–Trinajstić information content (AvgIpc) is 3.13. The van der Waals surface area contributed by atoms with E-state index in [1.165, 1.54) is 5.56 Å². The van der Waals surface area contributed by atoms with E-state index in [1.54, 1.807) is 0 Å². The number of aryl methyl sites for hydroxylation is 3. The van der Waals surface area contributed by atoms with Crippen molar-refractivity contribution < 1.29 is 4.42 Å². The third kappa shape index (κ3) is 3.99. The molecule has 0 bridgehead atoms. The minimum atomic E-state index is 0.384. The number of hydrogen-bond acceptors (Lipinski definition) is 4. The van der Waals surface area contributed by atoms with E-state index in [2.05, 4.69) is 47.4 Å². The Kier molecular flexibility index (Phi) is 5.04. The Labute approximate surface area is 149 Å². The Morgan fingerprint density at radius 1 is 1.20 bits per heavy atom. The average molecular weight is 338 g/mol. The lowest BCUT2D eigenvalue weighted by Crippen LogP contribution is -2.31. The highest BCUT2D eigenvalue weighted by atomic mass is 16.4. The molecule has 0 aliphatic rings. The van der Waals surface area contributed by atoms with E-state index >= 15 is 0 Å². The van der Waals surface area contributed by atoms with Gasteiger partial charge in [-0.15, -0.1) is 0 Å². The molecule has 0 aliphatic carbocycles. The molecule has 25 heavy (non-hydrogen) atoms. The first-order chi connectivity index (χ1) is 11.9. The quantitative estimate of drug-likeness (QED) is 0.679. The van der Waals surface area contributed by atoms with E-state index in [0.29, 0.717) is 11.9 Å². The van der Waals surface area contributed by atoms with Crippen LogP contribution in [0.5, 0.6) is 0 Å². The highest BCUT2D eigenvalue weighted by Crippen LogP contribution is 2.24. The second-order valence-electron chi connectivity index (χ2n) is 6.84. The highest BCUT2D eigenvalue weighted by Gasteiger charge is 2.18. The van der Waals surface area contributed by atoms with Crippen molar-refractivity contribution in [3.8, 4) is 11.5 Å². The van der Waals surface area contributed by atoms with Crippen molar-refractivity contribution in [2.45, 2.75) is 46.8 Å². The number of nitrogens with zero attached hydrogens (tertiary/aromatic N) is 4. The van der Waals surface area contributed by atoms with Gasteiger partial charge in [0.05, 0.1) is 12.2 Å². The van der Waals surface area contributed by atoms with Crippen LogP contribution in [0.1, 0.15) is 36.7 Å². The van der Waals surface area contributed by atoms with Gasteiger partial charge in [0.25, 0.3) is 0 Å². The lowest BCUT2D eigenvalue weighted by molar-refractivity contribution is 0.193. The first-order valence-corrected chi connectivity index (χ1v) is 8.67. The topological polar surface area (TPSA) is 47.1 Å². The molecule has 132 valence electrons. The molecule has 0 saturated carbocycles. The fourth-order valence-electron chi connectivity index (χ4n) is 2.82. The summed E-state index contributed by atoms with van der Waals surface area (Å²) in [6, 6.07) is 8.63. The van der Waals surface area contributed by atoms with Gasteiger partial charge in [-0.05, 0) is 39.8 Å². The Hall–Kier alpha value is -2.40. The number of imidazole rings is 1. The second kappa shape index (κ2) is 7.23. The summed E-state index contributed by atoms with van der Waals surface area (Å²) in [7, 11) is 2.03. The molecule has 2 aromatic heterocycles. The summed E-state index contributed by atoms with van der Waals surface area (Å²) in [4.78, 5) is 11.6. The predicted molar refractivity (Wildman–Crippen MR) is 99.0 cm³/mol. The van der Waals surface area contributed by atoms with Gasteiger partial charge in [0, 0.05) is 37.6 Å². The molecule has 3 rings (SSSR count). The van der Waals surface area contributed by atoms with Crippen molar-refractivity contribution >= 4 is 0 Å². The van der Waals surface area contributed by atoms with Crippen molar-refractivity contribution in [2.75, 3.05) is 0 Å². The molecule has 3 aromatic rings. The normalized spacial score (nSPS) is 11.6. The molecule has 0 atom stereocenters. The van der Waals surface area contributed by atoms with Crippen molar-refractivity contribution in [1.29, 1.82) is 0 Å². The zero-order valence-electron chi connectivity index (χ0n) is 15.7. The summed E-state index contributed by atoms with van der Waals surface area (Å²) in [6.45, 7) is 9.98. The van der Waals surface area contributed by atoms with E-state index in [-0.39, 0.29) is 0 Å². The number of rotatable bonds is 6. The molecule has 0 N–H and O–H groups in total. The summed E-state index contributed by atoms with van der Waals surface area (Å²) >= 11 is 0. The molecule has 0 amide bonds. The molecule has 0 fully saturated rings. The van der Waals surface area contributed by atoms with Gasteiger partial charge in [0.2, 0.25) is 5.89 Å². The predicted octanol–water partition coefficient (Wildman–Crippen LogP) is 4.10. The molecule has 0 spiro atoms. The summed E-state index contributed by atoms with van der Waals surface area (Å²) in [5.41, 5.74) is 3.21. The molecule has 0 saturated heterocycles. The summed E-state index contributed by atoms with van der Waals surface area (Å²) in [5.74, 6) is 2.62. The number of benzene rings is 1. The maximum Gasteiger partial charge on any atom is 0.226 e. The minimum Gasteiger partial charge on any atom is -0.441 e. The van der Waals surface area contributed by atoms with Crippen LogP contribution in [0, 0.1) is 13.8 Å². The largest absolute Gasteiger partial charge is 0.441 e. The molecule has 1 aromatic carbocycles. The standard InChI is InChI=1S/C20H26N4O/c1-14(2)24(13-19-21-9-10-23(19)5)12-18-16(4)25-20(22-18)17-8-6-7-15(3)11-17/h6-11,14H,12-13H2,1-5H3. The Balaban J connectivity index is 1.82. The minimum absolute atomic E-state index is 0.384. The van der Waals surface area contributed by atoms with Crippen molar-refractivity contribution in [3.63, 3.8) is 0 Å². The third-order valence-corrected chi connectivity index (χ3v) is 4.51. The number of aromatic nitrogens is 3. The first-order valence-electron chi connectivity index (χ1n) is 8.67. The van der Waals surface area contributed by atoms with Crippen LogP contribution in [0.4, 0.5) is 0 Å². The van der Waals surface area contributed by atoms with Crippen LogP contribution in [0.15, 0.2) is 41.1 Å². The van der Waals surface area contributed by atoms with E-state index in [1.807, 2.05) is 38.5 Å². The molecule has 0 radical (unpaired) electrons. The fourth-order valence-corrected chi connectivity index (χ4v) is 2.82. The smallest absolute Gasteiger partial charge is 0.226 e. The van der Waals surface area contributed by atoms with Crippen LogP contribution in [-0.4, -0.2) is 25.5 Å². The van der Waals surface area contributed by atoms with Crippen LogP contribution in [0.25, 0.3) is 11.5 Å². The summed E-state index contributed by atoms with van der Waals surface area (Å²) < 4.78 is 8.00. The SMILES string of the molecule is Cc1cccc(-c2nc(CN(Cc3nccn3C)C(C)C)c(C)o2)c1. The lowest BCUT2D eigenvalue weighted by atomic mass is 10.1. The molecule has 5 heteroatoms. The fraction of sp³-hybridized carbons (Fsp3) is 0.400. The van der Waals surface area contributed by atoms with Crippen molar-refractivity contribution in [3.05, 3.63) is 59.5 Å². The summed E-state index contributed by atoms with van der Waals surface area (Å²) in [6.07, 6.45) is 3.82. The van der Waals surface area contributed by atoms with Gasteiger partial charge in [0.1, 0.15) is 11.6 Å². The van der Waals surface area contributed by atoms with E-state index in [4.69, 9.17) is 9.40 Å². The van der Waals surface area contributed by atoms with E-state index < -0.39 is 0 Å². The van der Waals surface area contributed by atoms with E-state index in [9.17, 15) is 0 Å². The van der Waals surface area contributed by atoms with Gasteiger partial charge in [-0.1, -0.05) is 17.7 Å². The maximum absolute atomic E-state index is 5.94. The molecule has 0 unspecified atom stereocenters. The van der Waals surface area contributed by atoms with Crippen LogP contribution < -0.4 is 0 Å². The van der Waals surface area contributed by atoms with Gasteiger partial charge in [-0.2, -0.15) is 0 Å². The Bertz CT molecular complexity index is 847. The van der Waals surface area contributed by atoms with Crippen LogP contribution in [0.2, 0.25) is 0 Å². The molecular weight excluding hydrogens is 312 g/mol. The lowest BCUT2D eigenvalue weighted by Gasteiger charge is -2.25. The van der Waals surface area contributed by atoms with Gasteiger partial charge >= 0.3 is 0 Å². The van der Waals surface area contributed by atoms with Crippen LogP contribution in [-0.2, 0) is 20.1 Å². The third-order valence-electron chi connectivity index (χ3n) is 4.51. The van der Waals surface area contributed by atoms with Crippen LogP contribution in [0.3, 0.4) is 0 Å². The monoisotopic (exact) mass is 338 g/mol. The second-order valence-corrected chi connectivity index (χ2v) is 6.84. The zero-order chi connectivity index (χ0) is 18.0. The number of hydrogen-bond donors (Lipinski definition) is 0. The van der Waals surface area contributed by atoms with Crippen molar-refractivity contribution in [1.82, 2.24) is 19.4 Å². The Morgan fingerprint density at radius 3 is 2.64 bits per heavy atom. The van der Waals surface area contributed by atoms with Crippen LogP contribution >= 0.6 is 0 Å². The zero-order valence-corrected chi connectivity index (χ0v) is 15.7. The summed E-state index contributed by atoms with van der Waals surface area (Å²) in [5, 5.41) is 0. The molecule has 0 aliphatic heterocycles. The van der Waals surface area contributed by atoms with Gasteiger partial charge in [-0.3, -0.25) is 4.90 Å². The number of oxazole rings is 1.